The molecule has 0 radical (unpaired) electrons. The first kappa shape index (κ1) is 16.6. The Labute approximate surface area is 152 Å². The maximum Gasteiger partial charge on any atom is 0.233 e. The largest absolute Gasteiger partial charge is 0.337 e. The number of rotatable bonds is 5. The second kappa shape index (κ2) is 6.83. The predicted octanol–water partition coefficient (Wildman–Crippen LogP) is 3.41. The van der Waals surface area contributed by atoms with Crippen molar-refractivity contribution in [3.63, 3.8) is 0 Å². The van der Waals surface area contributed by atoms with Crippen LogP contribution in [0.3, 0.4) is 0 Å². The number of aromatic nitrogens is 3. The van der Waals surface area contributed by atoms with Gasteiger partial charge in [0.15, 0.2) is 5.16 Å². The van der Waals surface area contributed by atoms with Gasteiger partial charge in [-0.15, -0.1) is 10.2 Å². The predicted molar refractivity (Wildman–Crippen MR) is 98.7 cm³/mol. The summed E-state index contributed by atoms with van der Waals surface area (Å²) in [6.45, 7) is 5.83. The topological polar surface area (TPSA) is 51.0 Å². The van der Waals surface area contributed by atoms with Crippen molar-refractivity contribution in [3.05, 3.63) is 41.2 Å². The Morgan fingerprint density at radius 2 is 2.00 bits per heavy atom. The molecule has 1 saturated carbocycles. The van der Waals surface area contributed by atoms with Gasteiger partial charge in [0.1, 0.15) is 5.82 Å². The Morgan fingerprint density at radius 3 is 2.72 bits per heavy atom. The van der Waals surface area contributed by atoms with E-state index in [0.29, 0.717) is 17.7 Å². The van der Waals surface area contributed by atoms with Gasteiger partial charge in [-0.2, -0.15) is 0 Å². The Hall–Kier alpha value is -1.82. The number of carbonyl (C=O) groups is 1. The summed E-state index contributed by atoms with van der Waals surface area (Å²) in [5.74, 6) is 2.03. The van der Waals surface area contributed by atoms with E-state index in [2.05, 4.69) is 46.8 Å². The second-order valence-electron chi connectivity index (χ2n) is 7.22. The van der Waals surface area contributed by atoms with E-state index in [4.69, 9.17) is 0 Å². The lowest BCUT2D eigenvalue weighted by Crippen LogP contribution is -2.37. The molecular weight excluding hydrogens is 332 g/mol. The van der Waals surface area contributed by atoms with Gasteiger partial charge in [-0.1, -0.05) is 49.9 Å². The number of thioether (sulfide) groups is 1. The number of hydrogen-bond donors (Lipinski definition) is 0. The molecule has 1 aliphatic carbocycles. The molecule has 0 unspecified atom stereocenters. The van der Waals surface area contributed by atoms with Crippen molar-refractivity contribution < 1.29 is 4.79 Å². The van der Waals surface area contributed by atoms with Crippen LogP contribution in [-0.2, 0) is 17.8 Å². The highest BCUT2D eigenvalue weighted by molar-refractivity contribution is 7.99. The molecular formula is C19H24N4OS. The third-order valence-electron chi connectivity index (χ3n) is 4.93. The summed E-state index contributed by atoms with van der Waals surface area (Å²) in [5.41, 5.74) is 2.64. The van der Waals surface area contributed by atoms with Crippen LogP contribution in [-0.4, -0.2) is 37.9 Å². The molecule has 5 nitrogen and oxygen atoms in total. The molecule has 25 heavy (non-hydrogen) atoms. The zero-order valence-corrected chi connectivity index (χ0v) is 15.6. The highest BCUT2D eigenvalue weighted by atomic mass is 32.2. The lowest BCUT2D eigenvalue weighted by molar-refractivity contribution is -0.129. The molecule has 0 spiro atoms. The standard InChI is InChI=1S/C19H24N4OS/c1-13(2)18-20-21-19(23(18)16-7-8-16)25-12-17(24)22-10-9-14-5-3-4-6-15(14)11-22/h3-6,13,16H,7-12H2,1-2H3. The van der Waals surface area contributed by atoms with Crippen LogP contribution in [0.2, 0.25) is 0 Å². The fourth-order valence-electron chi connectivity index (χ4n) is 3.38. The molecule has 1 aromatic carbocycles. The van der Waals surface area contributed by atoms with Crippen LogP contribution in [0.25, 0.3) is 0 Å². The number of benzene rings is 1. The minimum Gasteiger partial charge on any atom is -0.337 e. The molecule has 0 N–H and O–H groups in total. The van der Waals surface area contributed by atoms with Crippen LogP contribution in [0.5, 0.6) is 0 Å². The normalized spacial score (nSPS) is 17.0. The van der Waals surface area contributed by atoms with E-state index < -0.39 is 0 Å². The van der Waals surface area contributed by atoms with Gasteiger partial charge in [0.25, 0.3) is 0 Å². The lowest BCUT2D eigenvalue weighted by atomic mass is 10.00. The molecule has 2 aromatic rings. The average molecular weight is 356 g/mol. The summed E-state index contributed by atoms with van der Waals surface area (Å²) in [5, 5.41) is 9.62. The van der Waals surface area contributed by atoms with Gasteiger partial charge < -0.3 is 9.47 Å². The maximum absolute atomic E-state index is 12.7. The molecule has 2 aliphatic rings. The molecule has 4 rings (SSSR count). The molecule has 6 heteroatoms. The van der Waals surface area contributed by atoms with Gasteiger partial charge in [0, 0.05) is 25.0 Å². The fourth-order valence-corrected chi connectivity index (χ4v) is 4.30. The summed E-state index contributed by atoms with van der Waals surface area (Å²) in [6.07, 6.45) is 3.34. The number of fused-ring (bicyclic) bond motifs is 1. The number of carbonyl (C=O) groups excluding carboxylic acids is 1. The van der Waals surface area contributed by atoms with E-state index in [1.165, 1.54) is 35.7 Å². The minimum atomic E-state index is 0.191. The number of amides is 1. The maximum atomic E-state index is 12.7. The van der Waals surface area contributed by atoms with Gasteiger partial charge in [0.2, 0.25) is 5.91 Å². The van der Waals surface area contributed by atoms with E-state index in [9.17, 15) is 4.79 Å². The molecule has 0 atom stereocenters. The first-order chi connectivity index (χ1) is 12.1. The fraction of sp³-hybridized carbons (Fsp3) is 0.526. The summed E-state index contributed by atoms with van der Waals surface area (Å²) in [4.78, 5) is 14.6. The third kappa shape index (κ3) is 3.45. The van der Waals surface area contributed by atoms with E-state index in [1.54, 1.807) is 0 Å². The van der Waals surface area contributed by atoms with Crippen LogP contribution < -0.4 is 0 Å². The van der Waals surface area contributed by atoms with E-state index in [0.717, 1.165) is 30.5 Å². The highest BCUT2D eigenvalue weighted by Gasteiger charge is 2.31. The van der Waals surface area contributed by atoms with Crippen LogP contribution in [0.4, 0.5) is 0 Å². The number of nitrogens with zero attached hydrogens (tertiary/aromatic N) is 4. The first-order valence-corrected chi connectivity index (χ1v) is 10.0. The van der Waals surface area contributed by atoms with Crippen molar-refractivity contribution in [2.75, 3.05) is 12.3 Å². The zero-order valence-electron chi connectivity index (χ0n) is 14.8. The van der Waals surface area contributed by atoms with Gasteiger partial charge in [0.05, 0.1) is 5.75 Å². The quantitative estimate of drug-likeness (QED) is 0.771. The van der Waals surface area contributed by atoms with E-state index >= 15 is 0 Å². The van der Waals surface area contributed by atoms with Crippen LogP contribution in [0.15, 0.2) is 29.4 Å². The lowest BCUT2D eigenvalue weighted by Gasteiger charge is -2.28. The molecule has 1 fully saturated rings. The van der Waals surface area contributed by atoms with Crippen molar-refractivity contribution in [1.29, 1.82) is 0 Å². The van der Waals surface area contributed by atoms with Crippen LogP contribution >= 0.6 is 11.8 Å². The van der Waals surface area contributed by atoms with Crippen molar-refractivity contribution in [2.24, 2.45) is 0 Å². The van der Waals surface area contributed by atoms with E-state index in [1.807, 2.05) is 11.0 Å². The molecule has 2 heterocycles. The minimum absolute atomic E-state index is 0.191. The van der Waals surface area contributed by atoms with Gasteiger partial charge in [-0.05, 0) is 30.4 Å². The summed E-state index contributed by atoms with van der Waals surface area (Å²) in [6, 6.07) is 8.95. The van der Waals surface area contributed by atoms with Gasteiger partial charge in [-0.3, -0.25) is 4.79 Å². The molecule has 0 saturated heterocycles. The van der Waals surface area contributed by atoms with Crippen LogP contribution in [0.1, 0.15) is 55.6 Å². The molecule has 1 aliphatic heterocycles. The first-order valence-electron chi connectivity index (χ1n) is 9.05. The van der Waals surface area contributed by atoms with Crippen molar-refractivity contribution >= 4 is 17.7 Å². The van der Waals surface area contributed by atoms with Crippen LogP contribution in [0, 0.1) is 0 Å². The van der Waals surface area contributed by atoms with Crippen molar-refractivity contribution in [1.82, 2.24) is 19.7 Å². The van der Waals surface area contributed by atoms with Crippen molar-refractivity contribution in [2.45, 2.75) is 56.8 Å². The smallest absolute Gasteiger partial charge is 0.233 e. The highest BCUT2D eigenvalue weighted by Crippen LogP contribution is 2.40. The Morgan fingerprint density at radius 1 is 1.24 bits per heavy atom. The van der Waals surface area contributed by atoms with Gasteiger partial charge in [-0.25, -0.2) is 0 Å². The molecule has 1 amide bonds. The molecule has 0 bridgehead atoms. The van der Waals surface area contributed by atoms with Crippen molar-refractivity contribution in [3.8, 4) is 0 Å². The summed E-state index contributed by atoms with van der Waals surface area (Å²) in [7, 11) is 0. The second-order valence-corrected chi connectivity index (χ2v) is 8.16. The molecule has 132 valence electrons. The monoisotopic (exact) mass is 356 g/mol. The Balaban J connectivity index is 1.41. The summed E-state index contributed by atoms with van der Waals surface area (Å²) >= 11 is 1.53. The third-order valence-corrected chi connectivity index (χ3v) is 5.86. The SMILES string of the molecule is CC(C)c1nnc(SCC(=O)N2CCc3ccccc3C2)n1C1CC1. The zero-order chi connectivity index (χ0) is 17.4. The van der Waals surface area contributed by atoms with Gasteiger partial charge >= 0.3 is 0 Å². The average Bonchev–Trinajstić information content (AvgIpc) is 3.38. The summed E-state index contributed by atoms with van der Waals surface area (Å²) < 4.78 is 2.26. The van der Waals surface area contributed by atoms with E-state index in [-0.39, 0.29) is 5.91 Å². The Kier molecular flexibility index (Phi) is 4.54. The number of hydrogen-bond acceptors (Lipinski definition) is 4. The molecule has 1 aromatic heterocycles. The Bertz CT molecular complexity index is 781.